The van der Waals surface area contributed by atoms with Crippen molar-refractivity contribution in [2.75, 3.05) is 23.9 Å². The van der Waals surface area contributed by atoms with Gasteiger partial charge in [-0.25, -0.2) is 0 Å². The highest BCUT2D eigenvalue weighted by Gasteiger charge is 2.21. The van der Waals surface area contributed by atoms with Gasteiger partial charge < -0.3 is 15.0 Å². The molecule has 0 saturated carbocycles. The second kappa shape index (κ2) is 6.52. The molecule has 5 nitrogen and oxygen atoms in total. The summed E-state index contributed by atoms with van der Waals surface area (Å²) in [5, 5.41) is 2.83. The van der Waals surface area contributed by atoms with Crippen LogP contribution in [0.15, 0.2) is 48.5 Å². The van der Waals surface area contributed by atoms with Crippen molar-refractivity contribution in [3.8, 4) is 5.75 Å². The number of carbonyl (C=O) groups is 2. The van der Waals surface area contributed by atoms with E-state index in [9.17, 15) is 9.59 Å². The molecule has 0 aliphatic carbocycles. The monoisotopic (exact) mass is 310 g/mol. The number of hydrogen-bond donors (Lipinski definition) is 1. The molecule has 0 unspecified atom stereocenters. The molecule has 0 spiro atoms. The standard InChI is InChI=1S/C18H18N2O3/c1-23-16-10-6-14(7-11-16)19-18(22)13-4-8-15(9-5-13)20-12-2-3-17(20)21/h4-11H,2-3,12H2,1H3,(H,19,22). The van der Waals surface area contributed by atoms with Gasteiger partial charge in [0.15, 0.2) is 0 Å². The van der Waals surface area contributed by atoms with Crippen LogP contribution >= 0.6 is 0 Å². The molecule has 2 aromatic carbocycles. The number of nitrogens with zero attached hydrogens (tertiary/aromatic N) is 1. The molecule has 1 fully saturated rings. The molecule has 118 valence electrons. The number of benzene rings is 2. The van der Waals surface area contributed by atoms with Gasteiger partial charge in [0, 0.05) is 29.9 Å². The number of anilines is 2. The molecule has 2 aromatic rings. The summed E-state index contributed by atoms with van der Waals surface area (Å²) in [7, 11) is 1.60. The fourth-order valence-electron chi connectivity index (χ4n) is 2.59. The fraction of sp³-hybridized carbons (Fsp3) is 0.222. The zero-order chi connectivity index (χ0) is 16.2. The largest absolute Gasteiger partial charge is 0.497 e. The number of rotatable bonds is 4. The second-order valence-electron chi connectivity index (χ2n) is 5.38. The van der Waals surface area contributed by atoms with E-state index >= 15 is 0 Å². The van der Waals surface area contributed by atoms with Crippen molar-refractivity contribution in [2.24, 2.45) is 0 Å². The minimum atomic E-state index is -0.186. The summed E-state index contributed by atoms with van der Waals surface area (Å²) in [4.78, 5) is 25.7. The van der Waals surface area contributed by atoms with Gasteiger partial charge in [0.1, 0.15) is 5.75 Å². The van der Waals surface area contributed by atoms with Gasteiger partial charge in [-0.1, -0.05) is 0 Å². The van der Waals surface area contributed by atoms with Gasteiger partial charge in [0.2, 0.25) is 5.91 Å². The van der Waals surface area contributed by atoms with Crippen LogP contribution in [-0.2, 0) is 4.79 Å². The van der Waals surface area contributed by atoms with E-state index in [4.69, 9.17) is 4.74 Å². The minimum Gasteiger partial charge on any atom is -0.497 e. The van der Waals surface area contributed by atoms with Crippen LogP contribution in [0.1, 0.15) is 23.2 Å². The first kappa shape index (κ1) is 15.1. The van der Waals surface area contributed by atoms with E-state index in [1.54, 1.807) is 48.4 Å². The third kappa shape index (κ3) is 3.34. The molecule has 0 bridgehead atoms. The lowest BCUT2D eigenvalue weighted by molar-refractivity contribution is -0.117. The summed E-state index contributed by atoms with van der Waals surface area (Å²) in [6.45, 7) is 0.746. The van der Waals surface area contributed by atoms with Gasteiger partial charge in [-0.3, -0.25) is 9.59 Å². The SMILES string of the molecule is COc1ccc(NC(=O)c2ccc(N3CCCC3=O)cc2)cc1. The van der Waals surface area contributed by atoms with Gasteiger partial charge in [-0.05, 0) is 55.0 Å². The molecule has 23 heavy (non-hydrogen) atoms. The topological polar surface area (TPSA) is 58.6 Å². The summed E-state index contributed by atoms with van der Waals surface area (Å²) in [6, 6.07) is 14.2. The molecule has 0 atom stereocenters. The summed E-state index contributed by atoms with van der Waals surface area (Å²) < 4.78 is 5.08. The Kier molecular flexibility index (Phi) is 4.28. The Morgan fingerprint density at radius 1 is 1.09 bits per heavy atom. The van der Waals surface area contributed by atoms with Crippen molar-refractivity contribution in [2.45, 2.75) is 12.8 Å². The molecule has 3 rings (SSSR count). The third-order valence-corrected chi connectivity index (χ3v) is 3.86. The van der Waals surface area contributed by atoms with Crippen molar-refractivity contribution in [3.05, 3.63) is 54.1 Å². The van der Waals surface area contributed by atoms with Crippen LogP contribution in [0.2, 0.25) is 0 Å². The van der Waals surface area contributed by atoms with Crippen molar-refractivity contribution >= 4 is 23.2 Å². The summed E-state index contributed by atoms with van der Waals surface area (Å²) in [6.07, 6.45) is 1.48. The maximum Gasteiger partial charge on any atom is 0.255 e. The van der Waals surface area contributed by atoms with Gasteiger partial charge >= 0.3 is 0 Å². The molecule has 0 aromatic heterocycles. The van der Waals surface area contributed by atoms with E-state index in [0.717, 1.165) is 24.4 Å². The first-order chi connectivity index (χ1) is 11.2. The normalized spacial score (nSPS) is 14.0. The number of ether oxygens (including phenoxy) is 1. The number of amides is 2. The first-order valence-corrected chi connectivity index (χ1v) is 7.53. The average Bonchev–Trinajstić information content (AvgIpc) is 3.02. The van der Waals surface area contributed by atoms with Crippen LogP contribution in [0.3, 0.4) is 0 Å². The van der Waals surface area contributed by atoms with Gasteiger partial charge in [-0.2, -0.15) is 0 Å². The Balaban J connectivity index is 1.68. The molecule has 1 aliphatic rings. The summed E-state index contributed by atoms with van der Waals surface area (Å²) >= 11 is 0. The predicted octanol–water partition coefficient (Wildman–Crippen LogP) is 3.07. The van der Waals surface area contributed by atoms with E-state index in [0.29, 0.717) is 17.7 Å². The van der Waals surface area contributed by atoms with Crippen LogP contribution in [0, 0.1) is 0 Å². The first-order valence-electron chi connectivity index (χ1n) is 7.53. The minimum absolute atomic E-state index is 0.139. The maximum atomic E-state index is 12.2. The maximum absolute atomic E-state index is 12.2. The van der Waals surface area contributed by atoms with Crippen LogP contribution in [0.25, 0.3) is 0 Å². The Morgan fingerprint density at radius 2 is 1.78 bits per heavy atom. The van der Waals surface area contributed by atoms with Gasteiger partial charge in [0.05, 0.1) is 7.11 Å². The summed E-state index contributed by atoms with van der Waals surface area (Å²) in [5.41, 5.74) is 2.10. The average molecular weight is 310 g/mol. The Hall–Kier alpha value is -2.82. The quantitative estimate of drug-likeness (QED) is 0.944. The lowest BCUT2D eigenvalue weighted by Crippen LogP contribution is -2.23. The molecule has 1 aliphatic heterocycles. The number of carbonyl (C=O) groups excluding carboxylic acids is 2. The fourth-order valence-corrected chi connectivity index (χ4v) is 2.59. The Bertz CT molecular complexity index is 708. The van der Waals surface area contributed by atoms with E-state index in [-0.39, 0.29) is 11.8 Å². The highest BCUT2D eigenvalue weighted by atomic mass is 16.5. The number of methoxy groups -OCH3 is 1. The van der Waals surface area contributed by atoms with Crippen molar-refractivity contribution in [3.63, 3.8) is 0 Å². The van der Waals surface area contributed by atoms with Crippen molar-refractivity contribution in [1.82, 2.24) is 0 Å². The van der Waals surface area contributed by atoms with Crippen LogP contribution in [-0.4, -0.2) is 25.5 Å². The lowest BCUT2D eigenvalue weighted by atomic mass is 10.1. The molecule has 1 saturated heterocycles. The Labute approximate surface area is 134 Å². The highest BCUT2D eigenvalue weighted by Crippen LogP contribution is 2.22. The predicted molar refractivity (Wildman–Crippen MR) is 89.0 cm³/mol. The third-order valence-electron chi connectivity index (χ3n) is 3.86. The molecule has 2 amide bonds. The number of nitrogens with one attached hydrogen (secondary N) is 1. The van der Waals surface area contributed by atoms with Crippen LogP contribution in [0.4, 0.5) is 11.4 Å². The zero-order valence-corrected chi connectivity index (χ0v) is 12.9. The highest BCUT2D eigenvalue weighted by molar-refractivity contribution is 6.04. The molecule has 1 heterocycles. The van der Waals surface area contributed by atoms with E-state index < -0.39 is 0 Å². The van der Waals surface area contributed by atoms with Crippen LogP contribution in [0.5, 0.6) is 5.75 Å². The zero-order valence-electron chi connectivity index (χ0n) is 12.9. The molecule has 1 N–H and O–H groups in total. The smallest absolute Gasteiger partial charge is 0.255 e. The Morgan fingerprint density at radius 3 is 2.35 bits per heavy atom. The number of hydrogen-bond acceptors (Lipinski definition) is 3. The van der Waals surface area contributed by atoms with E-state index in [1.807, 2.05) is 12.1 Å². The molecular weight excluding hydrogens is 292 g/mol. The van der Waals surface area contributed by atoms with Gasteiger partial charge in [0.25, 0.3) is 5.91 Å². The lowest BCUT2D eigenvalue weighted by Gasteiger charge is -2.15. The molecular formula is C18H18N2O3. The second-order valence-corrected chi connectivity index (χ2v) is 5.38. The molecule has 5 heteroatoms. The van der Waals surface area contributed by atoms with E-state index in [2.05, 4.69) is 5.32 Å². The van der Waals surface area contributed by atoms with Crippen molar-refractivity contribution < 1.29 is 14.3 Å². The van der Waals surface area contributed by atoms with Crippen LogP contribution < -0.4 is 15.0 Å². The van der Waals surface area contributed by atoms with Crippen molar-refractivity contribution in [1.29, 1.82) is 0 Å². The van der Waals surface area contributed by atoms with E-state index in [1.165, 1.54) is 0 Å². The van der Waals surface area contributed by atoms with Gasteiger partial charge in [-0.15, -0.1) is 0 Å². The summed E-state index contributed by atoms with van der Waals surface area (Å²) in [5.74, 6) is 0.692. The molecule has 0 radical (unpaired) electrons.